The van der Waals surface area contributed by atoms with Gasteiger partial charge in [-0.15, -0.1) is 0 Å². The van der Waals surface area contributed by atoms with E-state index in [0.717, 1.165) is 30.6 Å². The third kappa shape index (κ3) is 3.21. The summed E-state index contributed by atoms with van der Waals surface area (Å²) in [5, 5.41) is -0.0554. The molecule has 0 atom stereocenters. The van der Waals surface area contributed by atoms with Crippen LogP contribution in [0.15, 0.2) is 35.0 Å². The van der Waals surface area contributed by atoms with Crippen molar-refractivity contribution in [2.75, 3.05) is 19.1 Å². The largest absolute Gasteiger partial charge is 0.465 e. The molecule has 138 valence electrons. The Bertz CT molecular complexity index is 766. The van der Waals surface area contributed by atoms with Gasteiger partial charge in [0.2, 0.25) is 0 Å². The minimum Gasteiger partial charge on any atom is -0.465 e. The van der Waals surface area contributed by atoms with Gasteiger partial charge in [0.15, 0.2) is 0 Å². The number of rotatable bonds is 4. The molecule has 0 N–H and O–H groups in total. The molecule has 2 aliphatic rings. The number of amides is 2. The molecule has 0 aromatic heterocycles. The fourth-order valence-corrected chi connectivity index (χ4v) is 3.85. The monoisotopic (exact) mass is 376 g/mol. The molecule has 0 unspecified atom stereocenters. The van der Waals surface area contributed by atoms with Crippen LogP contribution in [-0.4, -0.2) is 42.9 Å². The summed E-state index contributed by atoms with van der Waals surface area (Å²) < 4.78 is 4.65. The predicted octanol–water partition coefficient (Wildman–Crippen LogP) is 3.06. The molecule has 1 aromatic carbocycles. The number of carbonyl (C=O) groups excluding carboxylic acids is 3. The molecule has 1 aliphatic carbocycles. The summed E-state index contributed by atoms with van der Waals surface area (Å²) in [6, 6.07) is 6.31. The van der Waals surface area contributed by atoms with Crippen LogP contribution in [-0.2, 0) is 14.3 Å². The number of carbonyl (C=O) groups is 3. The second-order valence-electron chi connectivity index (χ2n) is 6.55. The fourth-order valence-electron chi connectivity index (χ4n) is 3.55. The van der Waals surface area contributed by atoms with Crippen LogP contribution in [0.1, 0.15) is 42.5 Å². The van der Waals surface area contributed by atoms with Crippen LogP contribution in [0.4, 0.5) is 5.69 Å². The highest BCUT2D eigenvalue weighted by Crippen LogP contribution is 2.34. The Morgan fingerprint density at radius 1 is 1.12 bits per heavy atom. The van der Waals surface area contributed by atoms with Gasteiger partial charge in [0.05, 0.1) is 18.4 Å². The molecule has 1 fully saturated rings. The van der Waals surface area contributed by atoms with Crippen molar-refractivity contribution in [1.82, 2.24) is 4.90 Å². The van der Waals surface area contributed by atoms with E-state index in [4.69, 9.17) is 11.6 Å². The van der Waals surface area contributed by atoms with E-state index in [1.165, 1.54) is 37.8 Å². The van der Waals surface area contributed by atoms with Crippen molar-refractivity contribution >= 4 is 35.1 Å². The summed E-state index contributed by atoms with van der Waals surface area (Å²) in [6.07, 6.45) is 5.39. The fraction of sp³-hybridized carbons (Fsp3) is 0.421. The van der Waals surface area contributed by atoms with Crippen LogP contribution in [0.2, 0.25) is 0 Å². The van der Waals surface area contributed by atoms with Crippen LogP contribution in [0.5, 0.6) is 0 Å². The Hall–Kier alpha value is -2.34. The average Bonchev–Trinajstić information content (AvgIpc) is 2.90. The molecule has 3 rings (SSSR count). The van der Waals surface area contributed by atoms with E-state index in [0.29, 0.717) is 11.3 Å². The lowest BCUT2D eigenvalue weighted by Crippen LogP contribution is -2.38. The summed E-state index contributed by atoms with van der Waals surface area (Å²) in [5.41, 5.74) is 0.965. The molecular weight excluding hydrogens is 356 g/mol. The minimum atomic E-state index is -0.542. The van der Waals surface area contributed by atoms with Gasteiger partial charge in [0.1, 0.15) is 10.7 Å². The van der Waals surface area contributed by atoms with E-state index >= 15 is 0 Å². The Morgan fingerprint density at radius 2 is 1.73 bits per heavy atom. The summed E-state index contributed by atoms with van der Waals surface area (Å²) in [5.74, 6) is -1.46. The number of hydrogen-bond acceptors (Lipinski definition) is 5. The Kier molecular flexibility index (Phi) is 5.32. The number of methoxy groups -OCH3 is 1. The van der Waals surface area contributed by atoms with Gasteiger partial charge in [-0.05, 0) is 37.1 Å². The molecule has 2 amide bonds. The first-order chi connectivity index (χ1) is 12.5. The average molecular weight is 377 g/mol. The van der Waals surface area contributed by atoms with Crippen molar-refractivity contribution in [2.24, 2.45) is 0 Å². The molecule has 1 saturated carbocycles. The quantitative estimate of drug-likeness (QED) is 0.596. The molecule has 0 spiro atoms. The third-order valence-corrected chi connectivity index (χ3v) is 5.37. The Morgan fingerprint density at radius 3 is 2.31 bits per heavy atom. The number of nitrogens with zero attached hydrogens (tertiary/aromatic N) is 2. The number of imide groups is 1. The first-order valence-corrected chi connectivity index (χ1v) is 9.03. The van der Waals surface area contributed by atoms with Crippen LogP contribution >= 0.6 is 11.6 Å². The van der Waals surface area contributed by atoms with E-state index in [1.54, 1.807) is 0 Å². The van der Waals surface area contributed by atoms with Crippen LogP contribution in [0, 0.1) is 0 Å². The second kappa shape index (κ2) is 7.50. The topological polar surface area (TPSA) is 66.9 Å². The first-order valence-electron chi connectivity index (χ1n) is 8.65. The number of esters is 1. The highest BCUT2D eigenvalue weighted by atomic mass is 35.5. The van der Waals surface area contributed by atoms with Gasteiger partial charge in [0, 0.05) is 13.1 Å². The molecule has 1 aromatic rings. The number of halogens is 1. The maximum absolute atomic E-state index is 12.9. The van der Waals surface area contributed by atoms with Gasteiger partial charge >= 0.3 is 5.97 Å². The van der Waals surface area contributed by atoms with Crippen molar-refractivity contribution in [3.05, 3.63) is 40.6 Å². The van der Waals surface area contributed by atoms with Gasteiger partial charge in [-0.25, -0.2) is 9.69 Å². The second-order valence-corrected chi connectivity index (χ2v) is 6.93. The molecule has 7 heteroatoms. The zero-order chi connectivity index (χ0) is 18.8. The maximum Gasteiger partial charge on any atom is 0.337 e. The molecule has 26 heavy (non-hydrogen) atoms. The van der Waals surface area contributed by atoms with Gasteiger partial charge in [-0.1, -0.05) is 30.9 Å². The molecular formula is C19H21ClN2O4. The normalized spacial score (nSPS) is 18.5. The predicted molar refractivity (Wildman–Crippen MR) is 97.8 cm³/mol. The Labute approximate surface area is 157 Å². The van der Waals surface area contributed by atoms with E-state index < -0.39 is 17.8 Å². The molecule has 1 aliphatic heterocycles. The lowest BCUT2D eigenvalue weighted by atomic mass is 9.94. The lowest BCUT2D eigenvalue weighted by molar-refractivity contribution is -0.121. The smallest absolute Gasteiger partial charge is 0.337 e. The standard InChI is InChI=1S/C19H21ClN2O4/c1-21(13-6-4-3-5-7-13)16-15(20)17(23)22(18(16)24)14-10-8-12(9-11-14)19(25)26-2/h8-11,13H,3-7H2,1-2H3. The molecule has 1 heterocycles. The van der Waals surface area contributed by atoms with Crippen LogP contribution in [0.25, 0.3) is 0 Å². The summed E-state index contributed by atoms with van der Waals surface area (Å²) >= 11 is 6.24. The summed E-state index contributed by atoms with van der Waals surface area (Å²) in [6.45, 7) is 0. The van der Waals surface area contributed by atoms with Crippen molar-refractivity contribution in [2.45, 2.75) is 38.1 Å². The zero-order valence-corrected chi connectivity index (χ0v) is 15.6. The molecule has 0 saturated heterocycles. The van der Waals surface area contributed by atoms with E-state index in [9.17, 15) is 14.4 Å². The Balaban J connectivity index is 1.84. The lowest BCUT2D eigenvalue weighted by Gasteiger charge is -2.33. The summed E-state index contributed by atoms with van der Waals surface area (Å²) in [7, 11) is 3.11. The van der Waals surface area contributed by atoms with Crippen molar-refractivity contribution in [1.29, 1.82) is 0 Å². The third-order valence-electron chi connectivity index (χ3n) is 5.03. The maximum atomic E-state index is 12.9. The van der Waals surface area contributed by atoms with Gasteiger partial charge < -0.3 is 9.64 Å². The van der Waals surface area contributed by atoms with Crippen LogP contribution < -0.4 is 4.90 Å². The zero-order valence-electron chi connectivity index (χ0n) is 14.8. The molecule has 0 bridgehead atoms. The molecule has 6 nitrogen and oxygen atoms in total. The highest BCUT2D eigenvalue weighted by molar-refractivity contribution is 6.52. The van der Waals surface area contributed by atoms with Crippen molar-refractivity contribution in [3.63, 3.8) is 0 Å². The summed E-state index contributed by atoms with van der Waals surface area (Å²) in [4.78, 5) is 39.9. The SMILES string of the molecule is COC(=O)c1ccc(N2C(=O)C(Cl)=C(N(C)C3CCCCC3)C2=O)cc1. The number of ether oxygens (including phenoxy) is 1. The number of likely N-dealkylation sites (N-methyl/N-ethyl adjacent to an activating group) is 1. The first kappa shape index (κ1) is 18.5. The number of hydrogen-bond donors (Lipinski definition) is 0. The van der Waals surface area contributed by atoms with Gasteiger partial charge in [-0.2, -0.15) is 0 Å². The van der Waals surface area contributed by atoms with Crippen molar-refractivity contribution < 1.29 is 19.1 Å². The van der Waals surface area contributed by atoms with E-state index in [-0.39, 0.29) is 16.8 Å². The molecule has 0 radical (unpaired) electrons. The van der Waals surface area contributed by atoms with Crippen LogP contribution in [0.3, 0.4) is 0 Å². The van der Waals surface area contributed by atoms with Crippen molar-refractivity contribution in [3.8, 4) is 0 Å². The van der Waals surface area contributed by atoms with E-state index in [2.05, 4.69) is 4.74 Å². The van der Waals surface area contributed by atoms with Gasteiger partial charge in [0.25, 0.3) is 11.8 Å². The highest BCUT2D eigenvalue weighted by Gasteiger charge is 2.42. The number of benzene rings is 1. The number of anilines is 1. The van der Waals surface area contributed by atoms with E-state index in [1.807, 2.05) is 11.9 Å². The van der Waals surface area contributed by atoms with Gasteiger partial charge in [-0.3, -0.25) is 9.59 Å². The minimum absolute atomic E-state index is 0.0554.